The molecule has 4 saturated carbocycles. The lowest BCUT2D eigenvalue weighted by molar-refractivity contribution is -0.172. The highest BCUT2D eigenvalue weighted by atomic mass is 32.3. The molecule has 0 saturated heterocycles. The minimum atomic E-state index is -4.46. The normalized spacial score (nSPS) is 47.2. The Balaban J connectivity index is 1.52. The first-order valence-corrected chi connectivity index (χ1v) is 13.8. The molecule has 32 heavy (non-hydrogen) atoms. The van der Waals surface area contributed by atoms with E-state index < -0.39 is 28.6 Å². The first-order chi connectivity index (χ1) is 14.8. The van der Waals surface area contributed by atoms with E-state index in [1.54, 1.807) is 0 Å². The quantitative estimate of drug-likeness (QED) is 0.493. The van der Waals surface area contributed by atoms with Crippen molar-refractivity contribution in [2.24, 2.45) is 46.3 Å². The summed E-state index contributed by atoms with van der Waals surface area (Å²) in [5.74, 6) is 1.46. The molecule has 0 aromatic carbocycles. The van der Waals surface area contributed by atoms with Crippen molar-refractivity contribution in [1.29, 1.82) is 0 Å². The predicted octanol–water partition coefficient (Wildman–Crippen LogP) is 4.31. The van der Waals surface area contributed by atoms with Crippen LogP contribution in [0.15, 0.2) is 0 Å². The molecule has 4 aliphatic rings. The average Bonchev–Trinajstić information content (AvgIpc) is 3.03. The lowest BCUT2D eigenvalue weighted by Crippen LogP contribution is -2.58. The maximum atomic E-state index is 11.4. The van der Waals surface area contributed by atoms with Crippen LogP contribution in [-0.2, 0) is 19.4 Å². The highest BCUT2D eigenvalue weighted by molar-refractivity contribution is 7.80. The Hall–Kier alpha value is -0.700. The number of aliphatic hydroxyl groups is 1. The van der Waals surface area contributed by atoms with Crippen LogP contribution in [0.25, 0.3) is 0 Å². The Labute approximate surface area is 192 Å². The van der Waals surface area contributed by atoms with Crippen molar-refractivity contribution >= 4 is 16.4 Å². The fraction of sp³-hybridized carbons (Fsp3) is 0.958. The molecule has 0 aromatic heterocycles. The Kier molecular flexibility index (Phi) is 6.49. The van der Waals surface area contributed by atoms with Crippen molar-refractivity contribution in [3.05, 3.63) is 0 Å². The van der Waals surface area contributed by atoms with E-state index in [2.05, 4.69) is 20.8 Å². The maximum absolute atomic E-state index is 11.4. The third-order valence-electron chi connectivity index (χ3n) is 10.5. The molecule has 0 unspecified atom stereocenters. The molecule has 7 nitrogen and oxygen atoms in total. The van der Waals surface area contributed by atoms with E-state index in [0.717, 1.165) is 32.1 Å². The van der Waals surface area contributed by atoms with Crippen molar-refractivity contribution in [3.8, 4) is 0 Å². The van der Waals surface area contributed by atoms with Crippen LogP contribution in [0, 0.1) is 46.3 Å². The van der Waals surface area contributed by atoms with Crippen molar-refractivity contribution in [2.75, 3.05) is 0 Å². The van der Waals surface area contributed by atoms with E-state index in [0.29, 0.717) is 49.4 Å². The number of carboxylic acid groups (broad SMARTS) is 1. The summed E-state index contributed by atoms with van der Waals surface area (Å²) in [5.41, 5.74) is 0.200. The van der Waals surface area contributed by atoms with E-state index in [-0.39, 0.29) is 29.1 Å². The van der Waals surface area contributed by atoms with Crippen molar-refractivity contribution in [1.82, 2.24) is 0 Å². The van der Waals surface area contributed by atoms with E-state index in [1.165, 1.54) is 0 Å². The molecule has 0 bridgehead atoms. The van der Waals surface area contributed by atoms with Gasteiger partial charge in [-0.1, -0.05) is 20.8 Å². The summed E-state index contributed by atoms with van der Waals surface area (Å²) in [5, 5.41) is 20.5. The van der Waals surface area contributed by atoms with Gasteiger partial charge in [-0.15, -0.1) is 0 Å². The van der Waals surface area contributed by atoms with Gasteiger partial charge in [-0.25, -0.2) is 4.18 Å². The number of fused-ring (bicyclic) bond motifs is 5. The van der Waals surface area contributed by atoms with Gasteiger partial charge in [-0.05, 0) is 104 Å². The minimum absolute atomic E-state index is 0.0529. The second-order valence-electron chi connectivity index (χ2n) is 11.9. The molecule has 10 atom stereocenters. The van der Waals surface area contributed by atoms with Gasteiger partial charge in [0.2, 0.25) is 0 Å². The van der Waals surface area contributed by atoms with Crippen LogP contribution in [0.1, 0.15) is 85.0 Å². The van der Waals surface area contributed by atoms with E-state index in [4.69, 9.17) is 13.8 Å². The lowest BCUT2D eigenvalue weighted by Gasteiger charge is -2.62. The molecule has 3 N–H and O–H groups in total. The molecule has 4 rings (SSSR count). The van der Waals surface area contributed by atoms with Gasteiger partial charge in [0.15, 0.2) is 0 Å². The van der Waals surface area contributed by atoms with E-state index in [1.807, 2.05) is 0 Å². The Morgan fingerprint density at radius 3 is 2.38 bits per heavy atom. The highest BCUT2D eigenvalue weighted by Gasteiger charge is 2.63. The zero-order valence-corrected chi connectivity index (χ0v) is 20.4. The SMILES string of the molecule is C[C@H](CCC(=O)O)[C@H]1CC[C@H]2[C@@H]3[C@@H](O)C[C@H]4C[C@@H](OS(=O)(=O)O)CC[C@]4(C)[C@H]3CC[C@]12C. The second-order valence-corrected chi connectivity index (χ2v) is 12.9. The molecule has 0 aliphatic heterocycles. The standard InChI is InChI=1S/C24H40O7S/c1-14(4-7-21(26)27)17-5-6-18-22-19(9-11-24(17,18)3)23(2)10-8-16(31-32(28,29)30)12-15(23)13-20(22)25/h14-20,22,25H,4-13H2,1-3H3,(H,26,27)(H,28,29,30)/t14-,15-,16+,17-,18+,19+,20+,22+,23+,24-/m1/s1. The summed E-state index contributed by atoms with van der Waals surface area (Å²) < 4.78 is 36.4. The van der Waals surface area contributed by atoms with E-state index >= 15 is 0 Å². The third kappa shape index (κ3) is 4.25. The molecule has 4 aliphatic carbocycles. The summed E-state index contributed by atoms with van der Waals surface area (Å²) >= 11 is 0. The van der Waals surface area contributed by atoms with Gasteiger partial charge in [0.05, 0.1) is 12.2 Å². The molecule has 184 valence electrons. The molecule has 0 radical (unpaired) electrons. The van der Waals surface area contributed by atoms with Gasteiger partial charge in [0.25, 0.3) is 0 Å². The number of rotatable bonds is 6. The molecule has 4 fully saturated rings. The number of aliphatic hydroxyl groups excluding tert-OH is 1. The fourth-order valence-electron chi connectivity index (χ4n) is 8.97. The van der Waals surface area contributed by atoms with Crippen molar-refractivity contribution in [2.45, 2.75) is 97.2 Å². The number of carbonyl (C=O) groups is 1. The van der Waals surface area contributed by atoms with Gasteiger partial charge >= 0.3 is 16.4 Å². The average molecular weight is 473 g/mol. The lowest BCUT2D eigenvalue weighted by atomic mass is 9.43. The summed E-state index contributed by atoms with van der Waals surface area (Å²) in [6, 6.07) is 0. The Morgan fingerprint density at radius 1 is 1.06 bits per heavy atom. The van der Waals surface area contributed by atoms with Gasteiger partial charge in [0.1, 0.15) is 0 Å². The first-order valence-electron chi connectivity index (χ1n) is 12.4. The van der Waals surface area contributed by atoms with Gasteiger partial charge in [-0.2, -0.15) is 8.42 Å². The Morgan fingerprint density at radius 2 is 1.72 bits per heavy atom. The zero-order valence-electron chi connectivity index (χ0n) is 19.6. The van der Waals surface area contributed by atoms with Crippen LogP contribution < -0.4 is 0 Å². The Bertz CT molecular complexity index is 828. The molecule has 0 amide bonds. The van der Waals surface area contributed by atoms with Gasteiger partial charge in [0, 0.05) is 6.42 Å². The molecule has 0 heterocycles. The number of hydrogen-bond donors (Lipinski definition) is 3. The maximum Gasteiger partial charge on any atom is 0.397 e. The summed E-state index contributed by atoms with van der Waals surface area (Å²) in [4.78, 5) is 11.1. The van der Waals surface area contributed by atoms with Crippen LogP contribution in [-0.4, -0.2) is 41.4 Å². The monoisotopic (exact) mass is 472 g/mol. The van der Waals surface area contributed by atoms with Gasteiger partial charge in [-0.3, -0.25) is 9.35 Å². The first kappa shape index (κ1) is 24.4. The summed E-state index contributed by atoms with van der Waals surface area (Å²) in [7, 11) is -4.46. The molecule has 8 heteroatoms. The minimum Gasteiger partial charge on any atom is -0.481 e. The summed E-state index contributed by atoms with van der Waals surface area (Å²) in [6.45, 7) is 6.93. The van der Waals surface area contributed by atoms with Crippen molar-refractivity contribution < 1.29 is 32.2 Å². The molecule has 0 spiro atoms. The third-order valence-corrected chi connectivity index (χ3v) is 11.0. The van der Waals surface area contributed by atoms with E-state index in [9.17, 15) is 18.3 Å². The zero-order chi connectivity index (χ0) is 23.5. The smallest absolute Gasteiger partial charge is 0.397 e. The highest BCUT2D eigenvalue weighted by Crippen LogP contribution is 2.68. The van der Waals surface area contributed by atoms with Crippen LogP contribution in [0.5, 0.6) is 0 Å². The number of hydrogen-bond acceptors (Lipinski definition) is 5. The largest absolute Gasteiger partial charge is 0.481 e. The fourth-order valence-corrected chi connectivity index (χ4v) is 9.49. The van der Waals surface area contributed by atoms with Gasteiger partial charge < -0.3 is 10.2 Å². The number of aliphatic carboxylic acids is 1. The van der Waals surface area contributed by atoms with Crippen LogP contribution in [0.3, 0.4) is 0 Å². The molecule has 0 aromatic rings. The van der Waals surface area contributed by atoms with Crippen LogP contribution >= 0.6 is 0 Å². The number of carboxylic acids is 1. The van der Waals surface area contributed by atoms with Crippen LogP contribution in [0.4, 0.5) is 0 Å². The van der Waals surface area contributed by atoms with Crippen LogP contribution in [0.2, 0.25) is 0 Å². The molecular weight excluding hydrogens is 432 g/mol. The molecular formula is C24H40O7S. The summed E-state index contributed by atoms with van der Waals surface area (Å²) in [6.07, 6.45) is 7.11. The second kappa shape index (κ2) is 8.51. The predicted molar refractivity (Wildman–Crippen MR) is 119 cm³/mol. The topological polar surface area (TPSA) is 121 Å². The van der Waals surface area contributed by atoms with Crippen molar-refractivity contribution in [3.63, 3.8) is 0 Å².